The molecule has 204 valence electrons. The zero-order valence-corrected chi connectivity index (χ0v) is 20.9. The Bertz CT molecular complexity index is 1390. The number of nitrogens with one attached hydrogen (secondary N) is 2. The summed E-state index contributed by atoms with van der Waals surface area (Å²) in [5.41, 5.74) is 0.259. The number of anilines is 3. The lowest BCUT2D eigenvalue weighted by molar-refractivity contribution is -0.154. The van der Waals surface area contributed by atoms with E-state index in [4.69, 9.17) is 11.6 Å². The van der Waals surface area contributed by atoms with Crippen molar-refractivity contribution in [2.24, 2.45) is 0 Å². The Labute approximate surface area is 219 Å². The van der Waals surface area contributed by atoms with Gasteiger partial charge >= 0.3 is 12.2 Å². The number of hydrogen-bond donors (Lipinski definition) is 2. The van der Waals surface area contributed by atoms with Gasteiger partial charge in [-0.1, -0.05) is 11.6 Å². The maximum atomic E-state index is 13.5. The van der Waals surface area contributed by atoms with Crippen LogP contribution in [0.1, 0.15) is 12.8 Å². The van der Waals surface area contributed by atoms with Gasteiger partial charge in [0.2, 0.25) is 21.9 Å². The second-order valence-electron chi connectivity index (χ2n) is 8.20. The molecule has 0 bridgehead atoms. The highest BCUT2D eigenvalue weighted by molar-refractivity contribution is 7.89. The van der Waals surface area contributed by atoms with Crippen molar-refractivity contribution in [3.63, 3.8) is 0 Å². The van der Waals surface area contributed by atoms with Crippen molar-refractivity contribution in [1.82, 2.24) is 19.3 Å². The first-order valence-electron chi connectivity index (χ1n) is 11.1. The number of hydrogen-bond acceptors (Lipinski definition) is 8. The molecular weight excluding hydrogens is 559 g/mol. The summed E-state index contributed by atoms with van der Waals surface area (Å²) in [6.45, 7) is -1.39. The Balaban J connectivity index is 1.47. The Morgan fingerprint density at radius 1 is 1.00 bits per heavy atom. The van der Waals surface area contributed by atoms with E-state index >= 15 is 0 Å². The number of halogens is 6. The molecule has 4 rings (SSSR count). The molecule has 2 aromatic carbocycles. The minimum Gasteiger partial charge on any atom is -0.454 e. The Morgan fingerprint density at radius 3 is 2.29 bits per heavy atom. The third-order valence-electron chi connectivity index (χ3n) is 5.39. The van der Waals surface area contributed by atoms with Gasteiger partial charge in [-0.15, -0.1) is 0 Å². The Morgan fingerprint density at radius 2 is 1.66 bits per heavy atom. The molecule has 0 saturated carbocycles. The number of sulfonamides is 1. The van der Waals surface area contributed by atoms with E-state index < -0.39 is 40.5 Å². The van der Waals surface area contributed by atoms with Gasteiger partial charge in [0.25, 0.3) is 0 Å². The van der Waals surface area contributed by atoms with Crippen LogP contribution in [0.4, 0.5) is 39.5 Å². The fourth-order valence-electron chi connectivity index (χ4n) is 3.57. The molecule has 9 nitrogen and oxygen atoms in total. The SMILES string of the molecule is O=S(=O)(c1ccc(F)cc1)N1CCC(Nc2nc(Nc3ccc(F)c(Cl)c3)nc(OCC(F)(F)F)n2)CC1. The van der Waals surface area contributed by atoms with Crippen LogP contribution >= 0.6 is 11.6 Å². The molecule has 0 unspecified atom stereocenters. The first kappa shape index (κ1) is 27.7. The van der Waals surface area contributed by atoms with Crippen molar-refractivity contribution in [3.05, 3.63) is 59.1 Å². The van der Waals surface area contributed by atoms with Crippen LogP contribution in [0, 0.1) is 11.6 Å². The summed E-state index contributed by atoms with van der Waals surface area (Å²) in [4.78, 5) is 11.8. The second-order valence-corrected chi connectivity index (χ2v) is 10.5. The number of nitrogens with zero attached hydrogens (tertiary/aromatic N) is 4. The number of piperidine rings is 1. The molecule has 3 aromatic rings. The zero-order valence-electron chi connectivity index (χ0n) is 19.3. The normalized spacial score (nSPS) is 15.3. The maximum absolute atomic E-state index is 13.5. The highest BCUT2D eigenvalue weighted by Gasteiger charge is 2.31. The lowest BCUT2D eigenvalue weighted by Crippen LogP contribution is -2.42. The van der Waals surface area contributed by atoms with Crippen molar-refractivity contribution in [2.45, 2.75) is 30.0 Å². The highest BCUT2D eigenvalue weighted by atomic mass is 35.5. The summed E-state index contributed by atoms with van der Waals surface area (Å²) in [6, 6.07) is 7.19. The van der Waals surface area contributed by atoms with Gasteiger partial charge in [0, 0.05) is 24.8 Å². The van der Waals surface area contributed by atoms with E-state index in [-0.39, 0.29) is 46.6 Å². The monoisotopic (exact) mass is 578 g/mol. The molecule has 0 amide bonds. The predicted octanol–water partition coefficient (Wildman–Crippen LogP) is 4.75. The molecule has 2 heterocycles. The van der Waals surface area contributed by atoms with Gasteiger partial charge in [-0.2, -0.15) is 32.4 Å². The van der Waals surface area contributed by atoms with E-state index in [9.17, 15) is 30.4 Å². The minimum atomic E-state index is -4.64. The van der Waals surface area contributed by atoms with Crippen molar-refractivity contribution in [3.8, 4) is 6.01 Å². The van der Waals surface area contributed by atoms with Gasteiger partial charge < -0.3 is 15.4 Å². The first-order chi connectivity index (χ1) is 17.9. The number of ether oxygens (including phenoxy) is 1. The molecule has 1 aromatic heterocycles. The van der Waals surface area contributed by atoms with Gasteiger partial charge in [0.05, 0.1) is 9.92 Å². The second kappa shape index (κ2) is 11.2. The minimum absolute atomic E-state index is 0.0363. The molecule has 16 heteroatoms. The van der Waals surface area contributed by atoms with Crippen LogP contribution in [-0.4, -0.2) is 59.6 Å². The molecule has 2 N–H and O–H groups in total. The van der Waals surface area contributed by atoms with Gasteiger partial charge in [-0.25, -0.2) is 17.2 Å². The van der Waals surface area contributed by atoms with E-state index in [1.165, 1.54) is 28.6 Å². The van der Waals surface area contributed by atoms with E-state index in [1.54, 1.807) is 0 Å². The summed E-state index contributed by atoms with van der Waals surface area (Å²) in [7, 11) is -3.83. The molecular formula is C22H20ClF5N6O3S. The quantitative estimate of drug-likeness (QED) is 0.369. The van der Waals surface area contributed by atoms with Crippen LogP contribution in [-0.2, 0) is 10.0 Å². The molecule has 0 atom stereocenters. The lowest BCUT2D eigenvalue weighted by atomic mass is 10.1. The van der Waals surface area contributed by atoms with Gasteiger partial charge in [0.1, 0.15) is 11.6 Å². The van der Waals surface area contributed by atoms with Crippen molar-refractivity contribution in [2.75, 3.05) is 30.3 Å². The van der Waals surface area contributed by atoms with Crippen LogP contribution in [0.25, 0.3) is 0 Å². The highest BCUT2D eigenvalue weighted by Crippen LogP contribution is 2.25. The predicted molar refractivity (Wildman–Crippen MR) is 128 cm³/mol. The molecule has 38 heavy (non-hydrogen) atoms. The first-order valence-corrected chi connectivity index (χ1v) is 12.9. The summed E-state index contributed by atoms with van der Waals surface area (Å²) in [6.07, 6.45) is -4.00. The van der Waals surface area contributed by atoms with E-state index in [0.29, 0.717) is 12.8 Å². The molecule has 1 saturated heterocycles. The van der Waals surface area contributed by atoms with Crippen LogP contribution in [0.3, 0.4) is 0 Å². The third-order valence-corrected chi connectivity index (χ3v) is 7.60. The van der Waals surface area contributed by atoms with Crippen LogP contribution in [0.5, 0.6) is 6.01 Å². The van der Waals surface area contributed by atoms with Gasteiger partial charge in [0.15, 0.2) is 6.61 Å². The van der Waals surface area contributed by atoms with Crippen molar-refractivity contribution < 1.29 is 35.1 Å². The lowest BCUT2D eigenvalue weighted by Gasteiger charge is -2.31. The number of aromatic nitrogens is 3. The maximum Gasteiger partial charge on any atom is 0.422 e. The van der Waals surface area contributed by atoms with Crippen molar-refractivity contribution in [1.29, 1.82) is 0 Å². The van der Waals surface area contributed by atoms with E-state index in [2.05, 4.69) is 30.3 Å². The summed E-state index contributed by atoms with van der Waals surface area (Å²) < 4.78 is 96.2. The smallest absolute Gasteiger partial charge is 0.422 e. The average Bonchev–Trinajstić information content (AvgIpc) is 2.85. The number of benzene rings is 2. The van der Waals surface area contributed by atoms with E-state index in [1.807, 2.05) is 0 Å². The molecule has 1 fully saturated rings. The molecule has 1 aliphatic rings. The Kier molecular flexibility index (Phi) is 8.18. The largest absolute Gasteiger partial charge is 0.454 e. The fourth-order valence-corrected chi connectivity index (χ4v) is 5.22. The molecule has 0 radical (unpaired) electrons. The van der Waals surface area contributed by atoms with Crippen LogP contribution < -0.4 is 15.4 Å². The fraction of sp³-hybridized carbons (Fsp3) is 0.318. The number of alkyl halides is 3. The van der Waals surface area contributed by atoms with Gasteiger partial charge in [-0.3, -0.25) is 0 Å². The average molecular weight is 579 g/mol. The standard InChI is InChI=1S/C22H20ClF5N6O3S/c23-17-11-15(3-6-18(17)25)30-20-31-19(32-21(33-20)37-12-22(26,27)28)29-14-7-9-34(10-8-14)38(35,36)16-4-1-13(24)2-5-16/h1-6,11,14H,7-10,12H2,(H2,29,30,31,32,33). The molecule has 0 aliphatic carbocycles. The van der Waals surface area contributed by atoms with Crippen molar-refractivity contribution >= 4 is 39.2 Å². The zero-order chi connectivity index (χ0) is 27.5. The van der Waals surface area contributed by atoms with E-state index in [0.717, 1.165) is 18.2 Å². The van der Waals surface area contributed by atoms with Crippen LogP contribution in [0.15, 0.2) is 47.4 Å². The Hall–Kier alpha value is -3.30. The molecule has 0 spiro atoms. The number of rotatable bonds is 8. The van der Waals surface area contributed by atoms with Gasteiger partial charge in [-0.05, 0) is 55.3 Å². The summed E-state index contributed by atoms with van der Waals surface area (Å²) in [5, 5.41) is 5.48. The molecule has 1 aliphatic heterocycles. The topological polar surface area (TPSA) is 109 Å². The summed E-state index contributed by atoms with van der Waals surface area (Å²) >= 11 is 5.77. The van der Waals surface area contributed by atoms with Crippen LogP contribution in [0.2, 0.25) is 5.02 Å². The summed E-state index contributed by atoms with van der Waals surface area (Å²) in [5.74, 6) is -1.54. The third kappa shape index (κ3) is 7.17.